The molecule has 1 aliphatic rings. The largest absolute Gasteiger partial charge is 0.494 e. The van der Waals surface area contributed by atoms with Crippen molar-refractivity contribution in [3.05, 3.63) is 29.8 Å². The number of piperidine rings is 1. The van der Waals surface area contributed by atoms with E-state index in [0.717, 1.165) is 44.6 Å². The Hall–Kier alpha value is -1.57. The fraction of sp³-hybridized carbons (Fsp3) is 0.588. The zero-order valence-electron chi connectivity index (χ0n) is 12.5. The van der Waals surface area contributed by atoms with Gasteiger partial charge >= 0.3 is 0 Å². The molecule has 0 amide bonds. The van der Waals surface area contributed by atoms with Gasteiger partial charge in [0.25, 0.3) is 0 Å². The fourth-order valence-corrected chi connectivity index (χ4v) is 2.66. The van der Waals surface area contributed by atoms with E-state index in [-0.39, 0.29) is 0 Å². The van der Waals surface area contributed by atoms with Crippen molar-refractivity contribution in [2.24, 2.45) is 5.92 Å². The quantitative estimate of drug-likeness (QED) is 0.783. The number of hydrogen-bond donors (Lipinski definition) is 1. The molecule has 1 N–H and O–H groups in total. The Bertz CT molecular complexity index is 462. The molecule has 1 aromatic carbocycles. The third-order valence-electron chi connectivity index (χ3n) is 3.97. The van der Waals surface area contributed by atoms with Crippen LogP contribution in [0.1, 0.15) is 31.2 Å². The monoisotopic (exact) mass is 288 g/mol. The third kappa shape index (κ3) is 5.37. The molecule has 0 unspecified atom stereocenters. The second-order valence-electron chi connectivity index (χ2n) is 5.66. The second kappa shape index (κ2) is 8.66. The molecule has 0 aliphatic carbocycles. The lowest BCUT2D eigenvalue weighted by molar-refractivity contribution is 0.127. The predicted molar refractivity (Wildman–Crippen MR) is 81.9 cm³/mol. The van der Waals surface area contributed by atoms with Gasteiger partial charge in [0.2, 0.25) is 0 Å². The smallest absolute Gasteiger partial charge is 0.119 e. The average Bonchev–Trinajstić information content (AvgIpc) is 2.53. The number of likely N-dealkylation sites (tertiary alicyclic amines) is 1. The van der Waals surface area contributed by atoms with E-state index < -0.39 is 0 Å². The molecule has 4 nitrogen and oxygen atoms in total. The number of unbranched alkanes of at least 4 members (excludes halogenated alkanes) is 1. The van der Waals surface area contributed by atoms with Gasteiger partial charge in [0.1, 0.15) is 5.75 Å². The molecule has 1 saturated heterocycles. The van der Waals surface area contributed by atoms with Gasteiger partial charge in [-0.3, -0.25) is 4.90 Å². The van der Waals surface area contributed by atoms with Crippen molar-refractivity contribution in [2.75, 3.05) is 26.3 Å². The van der Waals surface area contributed by atoms with Gasteiger partial charge in [-0.15, -0.1) is 0 Å². The van der Waals surface area contributed by atoms with E-state index in [1.807, 2.05) is 12.1 Å². The Morgan fingerprint density at radius 1 is 1.33 bits per heavy atom. The van der Waals surface area contributed by atoms with Crippen LogP contribution in [0.5, 0.6) is 5.75 Å². The van der Waals surface area contributed by atoms with Gasteiger partial charge in [0.05, 0.1) is 12.7 Å². The highest BCUT2D eigenvalue weighted by molar-refractivity contribution is 5.28. The lowest BCUT2D eigenvalue weighted by Gasteiger charge is -2.31. The van der Waals surface area contributed by atoms with Crippen molar-refractivity contribution >= 4 is 0 Å². The Labute approximate surface area is 127 Å². The van der Waals surface area contributed by atoms with Crippen LogP contribution in [0.2, 0.25) is 0 Å². The summed E-state index contributed by atoms with van der Waals surface area (Å²) in [4.78, 5) is 2.43. The van der Waals surface area contributed by atoms with E-state index in [4.69, 9.17) is 15.1 Å². The molecular weight excluding hydrogens is 264 g/mol. The summed E-state index contributed by atoms with van der Waals surface area (Å²) in [7, 11) is 0. The maximum atomic E-state index is 9.17. The second-order valence-corrected chi connectivity index (χ2v) is 5.66. The van der Waals surface area contributed by atoms with Gasteiger partial charge in [0, 0.05) is 19.6 Å². The molecule has 0 aromatic heterocycles. The topological polar surface area (TPSA) is 56.5 Å². The van der Waals surface area contributed by atoms with Crippen molar-refractivity contribution in [3.63, 3.8) is 0 Å². The molecule has 4 heteroatoms. The molecule has 0 atom stereocenters. The first-order valence-electron chi connectivity index (χ1n) is 7.73. The van der Waals surface area contributed by atoms with Gasteiger partial charge in [0.15, 0.2) is 0 Å². The van der Waals surface area contributed by atoms with Gasteiger partial charge in [-0.2, -0.15) is 5.26 Å². The van der Waals surface area contributed by atoms with E-state index in [9.17, 15) is 0 Å². The van der Waals surface area contributed by atoms with Crippen molar-refractivity contribution in [1.29, 1.82) is 5.26 Å². The first kappa shape index (κ1) is 15.8. The van der Waals surface area contributed by atoms with Crippen molar-refractivity contribution in [1.82, 2.24) is 4.90 Å². The maximum absolute atomic E-state index is 9.17. The van der Waals surface area contributed by atoms with Crippen molar-refractivity contribution in [2.45, 2.75) is 32.2 Å². The van der Waals surface area contributed by atoms with E-state index in [2.05, 4.69) is 23.1 Å². The first-order chi connectivity index (χ1) is 10.3. The molecule has 0 spiro atoms. The Morgan fingerprint density at radius 3 is 2.86 bits per heavy atom. The molecule has 1 fully saturated rings. The summed E-state index contributed by atoms with van der Waals surface area (Å²) in [5.41, 5.74) is 1.26. The molecule has 1 heterocycles. The first-order valence-corrected chi connectivity index (χ1v) is 7.73. The van der Waals surface area contributed by atoms with E-state index >= 15 is 0 Å². The highest BCUT2D eigenvalue weighted by Crippen LogP contribution is 2.20. The number of ether oxygens (including phenoxy) is 1. The van der Waals surface area contributed by atoms with Crippen molar-refractivity contribution < 1.29 is 9.84 Å². The predicted octanol–water partition coefficient (Wildman–Crippen LogP) is 2.57. The van der Waals surface area contributed by atoms with Gasteiger partial charge in [-0.1, -0.05) is 12.1 Å². The van der Waals surface area contributed by atoms with Crippen LogP contribution in [-0.4, -0.2) is 36.3 Å². The summed E-state index contributed by atoms with van der Waals surface area (Å²) in [5, 5.41) is 17.7. The molecule has 0 bridgehead atoms. The van der Waals surface area contributed by atoms with Crippen LogP contribution in [0.25, 0.3) is 0 Å². The lowest BCUT2D eigenvalue weighted by atomic mass is 9.97. The highest BCUT2D eigenvalue weighted by Gasteiger charge is 2.18. The number of benzene rings is 1. The zero-order chi connectivity index (χ0) is 14.9. The third-order valence-corrected chi connectivity index (χ3v) is 3.97. The maximum Gasteiger partial charge on any atom is 0.119 e. The minimum Gasteiger partial charge on any atom is -0.494 e. The lowest BCUT2D eigenvalue weighted by Crippen LogP contribution is -2.34. The summed E-state index contributed by atoms with van der Waals surface area (Å²) >= 11 is 0. The minimum atomic E-state index is 0.319. The van der Waals surface area contributed by atoms with Crippen LogP contribution in [0.4, 0.5) is 0 Å². The van der Waals surface area contributed by atoms with E-state index in [0.29, 0.717) is 25.6 Å². The molecule has 114 valence electrons. The van der Waals surface area contributed by atoms with E-state index in [1.165, 1.54) is 5.56 Å². The van der Waals surface area contributed by atoms with E-state index in [1.54, 1.807) is 0 Å². The average molecular weight is 288 g/mol. The van der Waals surface area contributed by atoms with Crippen LogP contribution in [0.3, 0.4) is 0 Å². The summed E-state index contributed by atoms with van der Waals surface area (Å²) in [6, 6.07) is 10.3. The normalized spacial score (nSPS) is 16.6. The fourth-order valence-electron chi connectivity index (χ4n) is 2.66. The number of aliphatic hydroxyl groups is 1. The number of aliphatic hydroxyl groups excluding tert-OH is 1. The molecular formula is C17H24N2O2. The Kier molecular flexibility index (Phi) is 6.52. The summed E-state index contributed by atoms with van der Waals surface area (Å²) in [6.07, 6.45) is 3.48. The SMILES string of the molecule is N#CCCCOc1cccc(CN2CCC(CO)CC2)c1. The van der Waals surface area contributed by atoms with Gasteiger partial charge < -0.3 is 9.84 Å². The highest BCUT2D eigenvalue weighted by atomic mass is 16.5. The van der Waals surface area contributed by atoms with Crippen molar-refractivity contribution in [3.8, 4) is 11.8 Å². The minimum absolute atomic E-state index is 0.319. The Balaban J connectivity index is 1.79. The molecule has 2 rings (SSSR count). The Morgan fingerprint density at radius 2 is 2.14 bits per heavy atom. The zero-order valence-corrected chi connectivity index (χ0v) is 12.5. The summed E-state index contributed by atoms with van der Waals surface area (Å²) in [5.74, 6) is 1.37. The van der Waals surface area contributed by atoms with Gasteiger partial charge in [-0.05, 0) is 56.0 Å². The molecule has 0 saturated carbocycles. The van der Waals surface area contributed by atoms with Gasteiger partial charge in [-0.25, -0.2) is 0 Å². The number of hydrogen-bond acceptors (Lipinski definition) is 4. The van der Waals surface area contributed by atoms with Crippen LogP contribution >= 0.6 is 0 Å². The molecule has 1 aliphatic heterocycles. The van der Waals surface area contributed by atoms with Crippen LogP contribution in [-0.2, 0) is 6.54 Å². The van der Waals surface area contributed by atoms with Crippen LogP contribution in [0.15, 0.2) is 24.3 Å². The number of nitriles is 1. The summed E-state index contributed by atoms with van der Waals surface area (Å²) in [6.45, 7) is 3.96. The number of rotatable bonds is 7. The standard InChI is InChI=1S/C17H24N2O2/c18-8-1-2-11-21-17-5-3-4-16(12-17)13-19-9-6-15(14-20)7-10-19/h3-5,12,15,20H,1-2,6-7,9-11,13-14H2. The molecule has 0 radical (unpaired) electrons. The number of nitrogens with zero attached hydrogens (tertiary/aromatic N) is 2. The molecule has 21 heavy (non-hydrogen) atoms. The summed E-state index contributed by atoms with van der Waals surface area (Å²) < 4.78 is 5.67. The molecule has 1 aromatic rings. The van der Waals surface area contributed by atoms with Crippen LogP contribution in [0, 0.1) is 17.2 Å². The van der Waals surface area contributed by atoms with Crippen LogP contribution < -0.4 is 4.74 Å².